The second kappa shape index (κ2) is 7.28. The van der Waals surface area contributed by atoms with Gasteiger partial charge >= 0.3 is 0 Å². The summed E-state index contributed by atoms with van der Waals surface area (Å²) in [4.78, 5) is 2.56. The Balaban J connectivity index is 1.97. The van der Waals surface area contributed by atoms with Crippen LogP contribution in [0.3, 0.4) is 0 Å². The van der Waals surface area contributed by atoms with Crippen molar-refractivity contribution in [1.82, 2.24) is 4.90 Å². The van der Waals surface area contributed by atoms with Crippen LogP contribution in [-0.4, -0.2) is 29.6 Å². The van der Waals surface area contributed by atoms with Crippen LogP contribution < -0.4 is 10.5 Å². The van der Waals surface area contributed by atoms with Crippen molar-refractivity contribution in [2.75, 3.05) is 6.54 Å². The number of likely N-dealkylation sites (tertiary alicyclic amines) is 1. The molecule has 0 bridgehead atoms. The van der Waals surface area contributed by atoms with Crippen molar-refractivity contribution in [1.29, 1.82) is 0 Å². The Morgan fingerprint density at radius 3 is 2.24 bits per heavy atom. The molecule has 1 heterocycles. The lowest BCUT2D eigenvalue weighted by molar-refractivity contribution is 0.0961. The number of hydrogen-bond acceptors (Lipinski definition) is 3. The van der Waals surface area contributed by atoms with E-state index in [9.17, 15) is 0 Å². The Kier molecular flexibility index (Phi) is 5.65. The van der Waals surface area contributed by atoms with E-state index in [1.54, 1.807) is 0 Å². The standard InChI is InChI=1S/C18H30N2O/c1-13(2)21-17-10-8-16(9-11-17)18(19)12-20-14(3)6-5-7-15(20)4/h8-11,13-15,18H,5-7,12,19H2,1-4H3/t14-,15+,18?. The van der Waals surface area contributed by atoms with Crippen molar-refractivity contribution in [3.8, 4) is 5.75 Å². The summed E-state index contributed by atoms with van der Waals surface area (Å²) in [5, 5.41) is 0. The summed E-state index contributed by atoms with van der Waals surface area (Å²) in [5.41, 5.74) is 7.61. The molecule has 3 nitrogen and oxygen atoms in total. The van der Waals surface area contributed by atoms with Crippen molar-refractivity contribution in [3.05, 3.63) is 29.8 Å². The highest BCUT2D eigenvalue weighted by atomic mass is 16.5. The second-order valence-corrected chi connectivity index (χ2v) is 6.67. The van der Waals surface area contributed by atoms with Crippen molar-refractivity contribution in [2.45, 2.75) is 71.2 Å². The van der Waals surface area contributed by atoms with Gasteiger partial charge in [-0.2, -0.15) is 0 Å². The topological polar surface area (TPSA) is 38.5 Å². The molecular weight excluding hydrogens is 260 g/mol. The fourth-order valence-electron chi connectivity index (χ4n) is 3.23. The largest absolute Gasteiger partial charge is 0.491 e. The van der Waals surface area contributed by atoms with Crippen LogP contribution in [0.4, 0.5) is 0 Å². The van der Waals surface area contributed by atoms with Gasteiger partial charge in [0.1, 0.15) is 5.75 Å². The molecule has 0 radical (unpaired) electrons. The second-order valence-electron chi connectivity index (χ2n) is 6.67. The first-order valence-corrected chi connectivity index (χ1v) is 8.25. The number of piperidine rings is 1. The van der Waals surface area contributed by atoms with E-state index < -0.39 is 0 Å². The Morgan fingerprint density at radius 2 is 1.71 bits per heavy atom. The molecule has 0 spiro atoms. The maximum Gasteiger partial charge on any atom is 0.119 e. The molecule has 1 aromatic carbocycles. The zero-order valence-corrected chi connectivity index (χ0v) is 13.9. The number of hydrogen-bond donors (Lipinski definition) is 1. The average Bonchev–Trinajstić information content (AvgIpc) is 2.43. The maximum atomic E-state index is 6.42. The first-order valence-electron chi connectivity index (χ1n) is 8.25. The van der Waals surface area contributed by atoms with Crippen molar-refractivity contribution in [2.24, 2.45) is 5.73 Å². The summed E-state index contributed by atoms with van der Waals surface area (Å²) in [5.74, 6) is 0.917. The smallest absolute Gasteiger partial charge is 0.119 e. The van der Waals surface area contributed by atoms with E-state index in [1.807, 2.05) is 26.0 Å². The number of nitrogens with zero attached hydrogens (tertiary/aromatic N) is 1. The van der Waals surface area contributed by atoms with Gasteiger partial charge in [0.25, 0.3) is 0 Å². The molecule has 3 atom stereocenters. The summed E-state index contributed by atoms with van der Waals surface area (Å²) < 4.78 is 5.68. The van der Waals surface area contributed by atoms with E-state index in [0.717, 1.165) is 12.3 Å². The minimum atomic E-state index is 0.0705. The van der Waals surface area contributed by atoms with Gasteiger partial charge in [0, 0.05) is 24.7 Å². The molecule has 0 saturated carbocycles. The molecule has 0 aromatic heterocycles. The summed E-state index contributed by atoms with van der Waals surface area (Å²) in [6.45, 7) is 9.66. The van der Waals surface area contributed by atoms with Crippen LogP contribution in [-0.2, 0) is 0 Å². The van der Waals surface area contributed by atoms with E-state index in [-0.39, 0.29) is 12.1 Å². The Morgan fingerprint density at radius 1 is 1.14 bits per heavy atom. The molecule has 3 heteroatoms. The summed E-state index contributed by atoms with van der Waals surface area (Å²) in [6.07, 6.45) is 4.13. The molecule has 0 amide bonds. The van der Waals surface area contributed by atoms with E-state index in [4.69, 9.17) is 10.5 Å². The van der Waals surface area contributed by atoms with Crippen LogP contribution in [0.15, 0.2) is 24.3 Å². The Hall–Kier alpha value is -1.06. The molecule has 1 aromatic rings. The van der Waals surface area contributed by atoms with Crippen molar-refractivity contribution >= 4 is 0 Å². The van der Waals surface area contributed by atoms with Crippen LogP contribution >= 0.6 is 0 Å². The van der Waals surface area contributed by atoms with E-state index in [0.29, 0.717) is 12.1 Å². The van der Waals surface area contributed by atoms with E-state index in [2.05, 4.69) is 30.9 Å². The third-order valence-corrected chi connectivity index (χ3v) is 4.46. The molecule has 1 aliphatic rings. The number of nitrogens with two attached hydrogens (primary N) is 1. The highest BCUT2D eigenvalue weighted by Crippen LogP contribution is 2.25. The van der Waals surface area contributed by atoms with Crippen molar-refractivity contribution in [3.63, 3.8) is 0 Å². The van der Waals surface area contributed by atoms with Gasteiger partial charge in [0.15, 0.2) is 0 Å². The summed E-state index contributed by atoms with van der Waals surface area (Å²) >= 11 is 0. The van der Waals surface area contributed by atoms with E-state index in [1.165, 1.54) is 24.8 Å². The van der Waals surface area contributed by atoms with Crippen LogP contribution in [0.25, 0.3) is 0 Å². The number of rotatable bonds is 5. The van der Waals surface area contributed by atoms with Crippen molar-refractivity contribution < 1.29 is 4.74 Å². The molecule has 0 aliphatic carbocycles. The zero-order chi connectivity index (χ0) is 15.4. The van der Waals surface area contributed by atoms with Gasteiger partial charge in [0.05, 0.1) is 6.10 Å². The lowest BCUT2D eigenvalue weighted by Gasteiger charge is -2.40. The highest BCUT2D eigenvalue weighted by molar-refractivity contribution is 5.29. The van der Waals surface area contributed by atoms with Crippen LogP contribution in [0, 0.1) is 0 Å². The summed E-state index contributed by atoms with van der Waals surface area (Å²) in [6, 6.07) is 9.60. The van der Waals surface area contributed by atoms with Gasteiger partial charge in [0.2, 0.25) is 0 Å². The molecular formula is C18H30N2O. The quantitative estimate of drug-likeness (QED) is 0.898. The molecule has 2 N–H and O–H groups in total. The third kappa shape index (κ3) is 4.45. The number of benzene rings is 1. The third-order valence-electron chi connectivity index (χ3n) is 4.46. The molecule has 2 rings (SSSR count). The Labute approximate surface area is 129 Å². The molecule has 1 saturated heterocycles. The fourth-order valence-corrected chi connectivity index (χ4v) is 3.23. The molecule has 1 unspecified atom stereocenters. The molecule has 1 aliphatic heterocycles. The van der Waals surface area contributed by atoms with Gasteiger partial charge in [-0.1, -0.05) is 18.6 Å². The van der Waals surface area contributed by atoms with Gasteiger partial charge < -0.3 is 10.5 Å². The average molecular weight is 290 g/mol. The van der Waals surface area contributed by atoms with Gasteiger partial charge in [-0.25, -0.2) is 0 Å². The normalized spacial score (nSPS) is 25.0. The van der Waals surface area contributed by atoms with Crippen LogP contribution in [0.1, 0.15) is 58.6 Å². The predicted octanol–water partition coefficient (Wildman–Crippen LogP) is 3.74. The first kappa shape index (κ1) is 16.3. The molecule has 1 fully saturated rings. The predicted molar refractivity (Wildman–Crippen MR) is 88.6 cm³/mol. The minimum absolute atomic E-state index is 0.0705. The Bertz CT molecular complexity index is 419. The SMILES string of the molecule is CC(C)Oc1ccc(C(N)CN2[C@H](C)CCC[C@@H]2C)cc1. The fraction of sp³-hybridized carbons (Fsp3) is 0.667. The minimum Gasteiger partial charge on any atom is -0.491 e. The lowest BCUT2D eigenvalue weighted by Crippen LogP contribution is -2.46. The first-order chi connectivity index (χ1) is 9.97. The van der Waals surface area contributed by atoms with E-state index >= 15 is 0 Å². The van der Waals surface area contributed by atoms with Crippen LogP contribution in [0.2, 0.25) is 0 Å². The highest BCUT2D eigenvalue weighted by Gasteiger charge is 2.26. The zero-order valence-electron chi connectivity index (χ0n) is 13.9. The van der Waals surface area contributed by atoms with Gasteiger partial charge in [-0.3, -0.25) is 4.90 Å². The summed E-state index contributed by atoms with van der Waals surface area (Å²) in [7, 11) is 0. The van der Waals surface area contributed by atoms with Gasteiger partial charge in [-0.15, -0.1) is 0 Å². The molecule has 21 heavy (non-hydrogen) atoms. The van der Waals surface area contributed by atoms with Crippen LogP contribution in [0.5, 0.6) is 5.75 Å². The molecule has 118 valence electrons. The monoisotopic (exact) mass is 290 g/mol. The lowest BCUT2D eigenvalue weighted by atomic mass is 9.96. The number of ether oxygens (including phenoxy) is 1. The maximum absolute atomic E-state index is 6.42. The van der Waals surface area contributed by atoms with Gasteiger partial charge in [-0.05, 0) is 58.2 Å².